The van der Waals surface area contributed by atoms with E-state index in [1.54, 1.807) is 0 Å². The Balaban J connectivity index is 0. The van der Waals surface area contributed by atoms with Gasteiger partial charge in [-0.2, -0.15) is 0 Å². The van der Waals surface area contributed by atoms with Crippen molar-refractivity contribution in [3.63, 3.8) is 0 Å². The lowest BCUT2D eigenvalue weighted by atomic mass is 11.5. The lowest BCUT2D eigenvalue weighted by molar-refractivity contribution is -0.415. The normalized spacial score (nSPS) is 4.80. The minimum atomic E-state index is -2.33. The van der Waals surface area contributed by atoms with E-state index in [0.717, 1.165) is 0 Å². The first kappa shape index (κ1) is 8.87. The molecule has 0 aliphatic heterocycles. The van der Waals surface area contributed by atoms with Crippen molar-refractivity contribution in [2.24, 2.45) is 0 Å². The molecule has 0 rings (SSSR count). The molecule has 0 atom stereocenters. The average molecular weight is 78.0 g/mol. The largest absolute Gasteiger partial charge is 0.652 e. The van der Waals surface area contributed by atoms with Gasteiger partial charge in [-0.1, -0.05) is 0 Å². The summed E-state index contributed by atoms with van der Waals surface area (Å²) in [4.78, 5) is 8.33. The molecular weight excluding hydrogens is 74.0 g/mol. The van der Waals surface area contributed by atoms with Gasteiger partial charge in [-0.3, -0.25) is 0 Å². The van der Waals surface area contributed by atoms with E-state index in [9.17, 15) is 0 Å². The molecule has 5 heavy (non-hydrogen) atoms. The molecule has 0 aromatic carbocycles. The summed E-state index contributed by atoms with van der Waals surface area (Å²) in [6, 6.07) is 0. The van der Waals surface area contributed by atoms with Gasteiger partial charge in [0.25, 0.3) is 0 Å². The molecule has 0 bridgehead atoms. The number of rotatable bonds is 0. The summed E-state index contributed by atoms with van der Waals surface area (Å²) in [5.74, 6) is 0. The Labute approximate surface area is 28.6 Å². The van der Waals surface area contributed by atoms with Crippen LogP contribution < -0.4 is 16.4 Å². The van der Waals surface area contributed by atoms with Gasteiger partial charge < -0.3 is 21.2 Å². The van der Waals surface area contributed by atoms with Crippen LogP contribution in [0.3, 0.4) is 0 Å². The van der Waals surface area contributed by atoms with Crippen molar-refractivity contribution >= 4 is 6.16 Å². The highest BCUT2D eigenvalue weighted by Gasteiger charge is 1.26. The van der Waals surface area contributed by atoms with Gasteiger partial charge in [0, 0.05) is 0 Å². The number of carboxylic acid groups (broad SMARTS) is 2. The van der Waals surface area contributed by atoms with E-state index in [2.05, 4.69) is 0 Å². The van der Waals surface area contributed by atoms with Crippen molar-refractivity contribution in [1.29, 1.82) is 0 Å². The maximum absolute atomic E-state index is 8.33. The van der Waals surface area contributed by atoms with Crippen LogP contribution in [0.25, 0.3) is 0 Å². The van der Waals surface area contributed by atoms with Gasteiger partial charge in [0.05, 0.1) is 0 Å². The highest BCUT2D eigenvalue weighted by molar-refractivity contribution is 5.47. The molecule has 4 nitrogen and oxygen atoms in total. The lowest BCUT2D eigenvalue weighted by Gasteiger charge is -1.96. The van der Waals surface area contributed by atoms with Crippen molar-refractivity contribution in [2.75, 3.05) is 0 Å². The van der Waals surface area contributed by atoms with Crippen LogP contribution in [0.1, 0.15) is 0 Å². The van der Waals surface area contributed by atoms with Gasteiger partial charge >= 0.3 is 0 Å². The molecule has 0 saturated carbocycles. The smallest absolute Gasteiger partial charge is 0.0431 e. The number of carbonyl (C=O) groups excluding carboxylic acids is 1. The number of hydrogen-bond donors (Lipinski definition) is 1. The highest BCUT2D eigenvalue weighted by atomic mass is 16.6. The SMILES string of the molecule is O=C([O-])[O-].[NH4+]. The maximum atomic E-state index is 8.33. The van der Waals surface area contributed by atoms with Crippen LogP contribution in [-0.4, -0.2) is 6.16 Å². The molecule has 4 N–H and O–H groups in total. The Kier molecular flexibility index (Phi) is 5.73. The van der Waals surface area contributed by atoms with Crippen LogP contribution in [0.15, 0.2) is 0 Å². The predicted molar refractivity (Wildman–Crippen MR) is 11.4 cm³/mol. The van der Waals surface area contributed by atoms with Gasteiger partial charge in [0.15, 0.2) is 0 Å². The van der Waals surface area contributed by atoms with E-state index in [1.165, 1.54) is 0 Å². The lowest BCUT2D eigenvalue weighted by Crippen LogP contribution is -2.37. The fourth-order valence-corrected chi connectivity index (χ4v) is 0. The minimum Gasteiger partial charge on any atom is -0.652 e. The molecule has 0 unspecified atom stereocenters. The molecule has 0 aliphatic rings. The van der Waals surface area contributed by atoms with Gasteiger partial charge in [0.1, 0.15) is 0 Å². The first-order chi connectivity index (χ1) is 1.73. The first-order valence-corrected chi connectivity index (χ1v) is 0.612. The summed E-state index contributed by atoms with van der Waals surface area (Å²) in [6.07, 6.45) is -2.33. The quantitative estimate of drug-likeness (QED) is 0.360. The van der Waals surface area contributed by atoms with E-state index in [0.29, 0.717) is 0 Å². The standard InChI is InChI=1S/CH2O3.H3N/c2-1(3)4;/h(H2,2,3,4);1H3/p-1. The second-order valence-electron chi connectivity index (χ2n) is 0.250. The second kappa shape index (κ2) is 3.23. The molecule has 0 aromatic heterocycles. The molecule has 0 heterocycles. The molecule has 0 aromatic rings. The Hall–Kier alpha value is -0.770. The zero-order chi connectivity index (χ0) is 3.58. The third-order valence-corrected chi connectivity index (χ3v) is 0. The third kappa shape index (κ3) is 8.24. The molecule has 4 heteroatoms. The highest BCUT2D eigenvalue weighted by Crippen LogP contribution is 1.21. The molecule has 32 valence electrons. The summed E-state index contributed by atoms with van der Waals surface area (Å²) in [6.45, 7) is 0. The monoisotopic (exact) mass is 78.0 g/mol. The first-order valence-electron chi connectivity index (χ1n) is 0.612. The molecule has 0 fully saturated rings. The zero-order valence-electron chi connectivity index (χ0n) is 2.72. The molecule has 0 amide bonds. The summed E-state index contributed by atoms with van der Waals surface area (Å²) < 4.78 is 0. The van der Waals surface area contributed by atoms with E-state index in [4.69, 9.17) is 15.0 Å². The summed E-state index contributed by atoms with van der Waals surface area (Å²) >= 11 is 0. The van der Waals surface area contributed by atoms with Gasteiger partial charge in [-0.15, -0.1) is 0 Å². The number of quaternary nitrogens is 1. The van der Waals surface area contributed by atoms with Crippen LogP contribution in [0.2, 0.25) is 0 Å². The molecule has 0 spiro atoms. The van der Waals surface area contributed by atoms with Gasteiger partial charge in [0.2, 0.25) is 0 Å². The molecular formula is CH4NO3-. The molecule has 0 radical (unpaired) electrons. The van der Waals surface area contributed by atoms with Gasteiger partial charge in [-0.25, -0.2) is 0 Å². The maximum Gasteiger partial charge on any atom is -0.0431 e. The number of hydrogen-bond acceptors (Lipinski definition) is 3. The minimum absolute atomic E-state index is 0. The van der Waals surface area contributed by atoms with Crippen LogP contribution in [-0.2, 0) is 0 Å². The summed E-state index contributed by atoms with van der Waals surface area (Å²) in [5, 5.41) is 16.7. The molecule has 0 aliphatic carbocycles. The topological polar surface area (TPSA) is 99.7 Å². The van der Waals surface area contributed by atoms with Crippen molar-refractivity contribution in [3.8, 4) is 0 Å². The van der Waals surface area contributed by atoms with Crippen LogP contribution in [0.5, 0.6) is 0 Å². The van der Waals surface area contributed by atoms with Crippen LogP contribution >= 0.6 is 0 Å². The summed E-state index contributed by atoms with van der Waals surface area (Å²) in [7, 11) is 0. The molecule has 0 saturated heterocycles. The van der Waals surface area contributed by atoms with E-state index in [1.807, 2.05) is 0 Å². The Bertz CT molecular complexity index is 29.9. The average Bonchev–Trinajstić information content (AvgIpc) is 0.811. The number of carbonyl (C=O) groups is 1. The van der Waals surface area contributed by atoms with Crippen molar-refractivity contribution in [1.82, 2.24) is 6.15 Å². The fourth-order valence-electron chi connectivity index (χ4n) is 0. The van der Waals surface area contributed by atoms with Crippen molar-refractivity contribution in [2.45, 2.75) is 0 Å². The zero-order valence-corrected chi connectivity index (χ0v) is 2.72. The Morgan fingerprint density at radius 1 is 1.40 bits per heavy atom. The van der Waals surface area contributed by atoms with E-state index < -0.39 is 6.16 Å². The summed E-state index contributed by atoms with van der Waals surface area (Å²) in [5.41, 5.74) is 0. The van der Waals surface area contributed by atoms with Crippen molar-refractivity contribution < 1.29 is 15.0 Å². The second-order valence-corrected chi connectivity index (χ2v) is 0.250. The van der Waals surface area contributed by atoms with Crippen LogP contribution in [0.4, 0.5) is 4.79 Å². The fraction of sp³-hybridized carbons (Fsp3) is 0. The Morgan fingerprint density at radius 3 is 1.40 bits per heavy atom. The third-order valence-electron chi connectivity index (χ3n) is 0. The predicted octanol–water partition coefficient (Wildman–Crippen LogP) is -2.07. The Morgan fingerprint density at radius 2 is 1.40 bits per heavy atom. The van der Waals surface area contributed by atoms with Crippen LogP contribution in [0, 0.1) is 0 Å². The van der Waals surface area contributed by atoms with E-state index in [-0.39, 0.29) is 6.15 Å². The van der Waals surface area contributed by atoms with Gasteiger partial charge in [-0.05, 0) is 6.16 Å². The van der Waals surface area contributed by atoms with Crippen molar-refractivity contribution in [3.05, 3.63) is 0 Å². The van der Waals surface area contributed by atoms with E-state index >= 15 is 0 Å².